The van der Waals surface area contributed by atoms with Gasteiger partial charge in [-0.05, 0) is 7.05 Å². The molecule has 1 N–H and O–H groups in total. The molecule has 0 radical (unpaired) electrons. The summed E-state index contributed by atoms with van der Waals surface area (Å²) in [6.07, 6.45) is 3.82. The first-order valence-electron chi connectivity index (χ1n) is 5.71. The zero-order chi connectivity index (χ0) is 11.4. The van der Waals surface area contributed by atoms with E-state index < -0.39 is 0 Å². The van der Waals surface area contributed by atoms with Crippen LogP contribution in [-0.2, 0) is 18.3 Å². The molecule has 1 saturated heterocycles. The van der Waals surface area contributed by atoms with E-state index in [1.165, 1.54) is 0 Å². The van der Waals surface area contributed by atoms with Crippen LogP contribution in [0.2, 0.25) is 0 Å². The molecule has 1 aliphatic rings. The second-order valence-corrected chi connectivity index (χ2v) is 4.38. The lowest BCUT2D eigenvalue weighted by Crippen LogP contribution is -2.47. The Morgan fingerprint density at radius 2 is 2.56 bits per heavy atom. The minimum atomic E-state index is 0.444. The van der Waals surface area contributed by atoms with E-state index in [1.807, 2.05) is 19.4 Å². The molecule has 1 aromatic rings. The molecule has 5 heteroatoms. The van der Waals surface area contributed by atoms with Crippen LogP contribution in [0.5, 0.6) is 0 Å². The summed E-state index contributed by atoms with van der Waals surface area (Å²) in [5, 5.41) is 3.45. The van der Waals surface area contributed by atoms with Crippen LogP contribution in [0.15, 0.2) is 12.4 Å². The normalized spacial score (nSPS) is 21.6. The fourth-order valence-corrected chi connectivity index (χ4v) is 1.97. The van der Waals surface area contributed by atoms with E-state index in [4.69, 9.17) is 4.74 Å². The molecule has 1 unspecified atom stereocenters. The first kappa shape index (κ1) is 11.6. The van der Waals surface area contributed by atoms with Crippen molar-refractivity contribution in [2.75, 3.05) is 33.4 Å². The number of ether oxygens (including phenoxy) is 1. The maximum Gasteiger partial charge on any atom is 0.122 e. The molecule has 1 aromatic heterocycles. The molecule has 0 bridgehead atoms. The first-order valence-corrected chi connectivity index (χ1v) is 5.71. The second kappa shape index (κ2) is 5.43. The molecule has 16 heavy (non-hydrogen) atoms. The van der Waals surface area contributed by atoms with Gasteiger partial charge in [0.15, 0.2) is 0 Å². The molecule has 1 fully saturated rings. The molecule has 0 spiro atoms. The molecule has 90 valence electrons. The number of nitrogens with one attached hydrogen (secondary N) is 1. The Morgan fingerprint density at radius 3 is 3.19 bits per heavy atom. The Hall–Kier alpha value is -0.910. The van der Waals surface area contributed by atoms with Crippen molar-refractivity contribution >= 4 is 0 Å². The minimum absolute atomic E-state index is 0.444. The highest BCUT2D eigenvalue weighted by Crippen LogP contribution is 2.02. The zero-order valence-electron chi connectivity index (χ0n) is 10.0. The summed E-state index contributed by atoms with van der Waals surface area (Å²) in [5.74, 6) is 1.10. The van der Waals surface area contributed by atoms with Gasteiger partial charge in [-0.1, -0.05) is 0 Å². The van der Waals surface area contributed by atoms with Crippen LogP contribution >= 0.6 is 0 Å². The summed E-state index contributed by atoms with van der Waals surface area (Å²) < 4.78 is 7.49. The highest BCUT2D eigenvalue weighted by atomic mass is 16.5. The van der Waals surface area contributed by atoms with Gasteiger partial charge in [0.1, 0.15) is 5.82 Å². The van der Waals surface area contributed by atoms with Gasteiger partial charge in [0.2, 0.25) is 0 Å². The Bertz CT molecular complexity index is 320. The Balaban J connectivity index is 1.79. The van der Waals surface area contributed by atoms with Crippen molar-refractivity contribution in [2.45, 2.75) is 12.6 Å². The van der Waals surface area contributed by atoms with Gasteiger partial charge in [-0.25, -0.2) is 4.98 Å². The van der Waals surface area contributed by atoms with Gasteiger partial charge in [0.25, 0.3) is 0 Å². The van der Waals surface area contributed by atoms with Crippen LogP contribution in [0.25, 0.3) is 0 Å². The van der Waals surface area contributed by atoms with E-state index in [2.05, 4.69) is 26.8 Å². The lowest BCUT2D eigenvalue weighted by Gasteiger charge is -2.28. The van der Waals surface area contributed by atoms with Gasteiger partial charge in [0.05, 0.1) is 19.8 Å². The predicted molar refractivity (Wildman–Crippen MR) is 62.2 cm³/mol. The minimum Gasteiger partial charge on any atom is -0.378 e. The Kier molecular flexibility index (Phi) is 3.93. The number of hydrogen-bond donors (Lipinski definition) is 1. The van der Waals surface area contributed by atoms with Crippen molar-refractivity contribution in [1.82, 2.24) is 19.8 Å². The van der Waals surface area contributed by atoms with Crippen LogP contribution in [0.3, 0.4) is 0 Å². The lowest BCUT2D eigenvalue weighted by molar-refractivity contribution is 0.0641. The lowest BCUT2D eigenvalue weighted by atomic mass is 10.2. The number of nitrogens with zero attached hydrogens (tertiary/aromatic N) is 3. The summed E-state index contributed by atoms with van der Waals surface area (Å²) in [4.78, 5) is 6.59. The molecule has 2 rings (SSSR count). The van der Waals surface area contributed by atoms with Gasteiger partial charge in [0, 0.05) is 38.6 Å². The fraction of sp³-hybridized carbons (Fsp3) is 0.727. The Morgan fingerprint density at radius 1 is 1.69 bits per heavy atom. The van der Waals surface area contributed by atoms with Crippen molar-refractivity contribution in [3.05, 3.63) is 18.2 Å². The Labute approximate surface area is 96.4 Å². The van der Waals surface area contributed by atoms with Crippen LogP contribution in [0.4, 0.5) is 0 Å². The van der Waals surface area contributed by atoms with Crippen LogP contribution in [0.1, 0.15) is 5.82 Å². The van der Waals surface area contributed by atoms with E-state index >= 15 is 0 Å². The van der Waals surface area contributed by atoms with Gasteiger partial charge >= 0.3 is 0 Å². The number of imidazole rings is 1. The van der Waals surface area contributed by atoms with Crippen molar-refractivity contribution in [1.29, 1.82) is 0 Å². The molecule has 0 aliphatic carbocycles. The summed E-state index contributed by atoms with van der Waals surface area (Å²) >= 11 is 0. The number of hydrogen-bond acceptors (Lipinski definition) is 4. The highest BCUT2D eigenvalue weighted by molar-refractivity contribution is 4.91. The largest absolute Gasteiger partial charge is 0.378 e. The van der Waals surface area contributed by atoms with Crippen molar-refractivity contribution in [2.24, 2.45) is 7.05 Å². The quantitative estimate of drug-likeness (QED) is 0.772. The highest BCUT2D eigenvalue weighted by Gasteiger charge is 2.15. The molecule has 1 atom stereocenters. The second-order valence-electron chi connectivity index (χ2n) is 4.38. The monoisotopic (exact) mass is 224 g/mol. The number of morpholine rings is 1. The molecular weight excluding hydrogens is 204 g/mol. The summed E-state index contributed by atoms with van der Waals surface area (Å²) in [5.41, 5.74) is 0. The number of aryl methyl sites for hydroxylation is 1. The number of aromatic nitrogens is 2. The third-order valence-corrected chi connectivity index (χ3v) is 2.86. The van der Waals surface area contributed by atoms with E-state index in [1.54, 1.807) is 0 Å². The molecule has 0 aromatic carbocycles. The molecule has 2 heterocycles. The molecule has 0 amide bonds. The first-order chi connectivity index (χ1) is 7.75. The third-order valence-electron chi connectivity index (χ3n) is 2.86. The number of rotatable bonds is 4. The SMILES string of the molecule is CN(Cc1nccn1C)CC1COCCN1. The summed E-state index contributed by atoms with van der Waals surface area (Å²) in [6, 6.07) is 0.444. The zero-order valence-corrected chi connectivity index (χ0v) is 10.0. The average Bonchev–Trinajstić information content (AvgIpc) is 2.66. The van der Waals surface area contributed by atoms with Crippen LogP contribution < -0.4 is 5.32 Å². The average molecular weight is 224 g/mol. The van der Waals surface area contributed by atoms with Gasteiger partial charge in [-0.3, -0.25) is 4.90 Å². The smallest absolute Gasteiger partial charge is 0.122 e. The summed E-state index contributed by atoms with van der Waals surface area (Å²) in [6.45, 7) is 4.47. The van der Waals surface area contributed by atoms with Crippen molar-refractivity contribution in [3.8, 4) is 0 Å². The van der Waals surface area contributed by atoms with Gasteiger partial charge in [-0.15, -0.1) is 0 Å². The predicted octanol–water partition coefficient (Wildman–Crippen LogP) is -0.160. The molecular formula is C11H20N4O. The van der Waals surface area contributed by atoms with Crippen molar-refractivity contribution < 1.29 is 4.74 Å². The van der Waals surface area contributed by atoms with E-state index in [0.717, 1.165) is 38.7 Å². The standard InChI is InChI=1S/C11H20N4O/c1-14(7-10-9-16-6-4-12-10)8-11-13-3-5-15(11)2/h3,5,10,12H,4,6-9H2,1-2H3. The number of likely N-dealkylation sites (N-methyl/N-ethyl adjacent to an activating group) is 1. The molecule has 0 saturated carbocycles. The third kappa shape index (κ3) is 3.04. The van der Waals surface area contributed by atoms with E-state index in [0.29, 0.717) is 6.04 Å². The van der Waals surface area contributed by atoms with E-state index in [9.17, 15) is 0 Å². The maximum atomic E-state index is 5.43. The van der Waals surface area contributed by atoms with Gasteiger partial charge in [-0.2, -0.15) is 0 Å². The van der Waals surface area contributed by atoms with Crippen molar-refractivity contribution in [3.63, 3.8) is 0 Å². The topological polar surface area (TPSA) is 42.3 Å². The fourth-order valence-electron chi connectivity index (χ4n) is 1.97. The van der Waals surface area contributed by atoms with Gasteiger partial charge < -0.3 is 14.6 Å². The van der Waals surface area contributed by atoms with E-state index in [-0.39, 0.29) is 0 Å². The maximum absolute atomic E-state index is 5.43. The summed E-state index contributed by atoms with van der Waals surface area (Å²) in [7, 11) is 4.14. The van der Waals surface area contributed by atoms with Crippen LogP contribution in [-0.4, -0.2) is 53.8 Å². The van der Waals surface area contributed by atoms with Crippen LogP contribution in [0, 0.1) is 0 Å². The molecule has 1 aliphatic heterocycles. The molecule has 5 nitrogen and oxygen atoms in total.